The lowest BCUT2D eigenvalue weighted by Gasteiger charge is -2.21. The van der Waals surface area contributed by atoms with Gasteiger partial charge < -0.3 is 24.9 Å². The van der Waals surface area contributed by atoms with Gasteiger partial charge in [0, 0.05) is 40.8 Å². The molecule has 0 amide bonds. The van der Waals surface area contributed by atoms with Crippen LogP contribution in [0.3, 0.4) is 0 Å². The van der Waals surface area contributed by atoms with Crippen LogP contribution in [0.15, 0.2) is 60.9 Å². The number of benzene rings is 2. The number of H-pyrrole nitrogens is 2. The molecule has 8 nitrogen and oxygen atoms in total. The first-order valence-electron chi connectivity index (χ1n) is 11.8. The number of fused-ring (bicyclic) bond motifs is 1. The molecule has 1 atom stereocenters. The lowest BCUT2D eigenvalue weighted by molar-refractivity contribution is -0.136. The summed E-state index contributed by atoms with van der Waals surface area (Å²) in [5.41, 5.74) is 0.724. The number of carboxylic acid groups (broad SMARTS) is 1. The summed E-state index contributed by atoms with van der Waals surface area (Å²) in [6.07, 6.45) is 3.20. The number of imidazole rings is 1. The maximum absolute atomic E-state index is 14.8. The maximum atomic E-state index is 14.8. The van der Waals surface area contributed by atoms with Crippen molar-refractivity contribution in [1.29, 1.82) is 0 Å². The Bertz CT molecular complexity index is 1660. The number of aliphatic carboxylic acids is 1. The smallest absolute Gasteiger partial charge is 0.303 e. The number of hydrogen-bond donors (Lipinski definition) is 4. The molecule has 194 valence electrons. The highest BCUT2D eigenvalue weighted by Crippen LogP contribution is 2.36. The number of halogens is 2. The topological polar surface area (TPSA) is 124 Å². The maximum Gasteiger partial charge on any atom is 0.303 e. The Hall–Kier alpha value is -4.57. The Kier molecular flexibility index (Phi) is 6.41. The number of rotatable bonds is 8. The third-order valence-electron chi connectivity index (χ3n) is 6.43. The molecule has 0 aliphatic carbocycles. The first-order valence-corrected chi connectivity index (χ1v) is 11.8. The molecule has 0 bridgehead atoms. The molecule has 0 radical (unpaired) electrons. The van der Waals surface area contributed by atoms with Gasteiger partial charge in [-0.15, -0.1) is 0 Å². The van der Waals surface area contributed by atoms with Gasteiger partial charge in [-0.3, -0.25) is 9.78 Å². The molecule has 10 heteroatoms. The Morgan fingerprint density at radius 2 is 1.95 bits per heavy atom. The van der Waals surface area contributed by atoms with E-state index in [1.807, 2.05) is 6.07 Å². The molecule has 5 aromatic rings. The molecule has 5 rings (SSSR count). The van der Waals surface area contributed by atoms with Gasteiger partial charge in [0.1, 0.15) is 23.0 Å². The SMILES string of the molecule is Cc1c(Oc2ccc(F)c(-c3ncc(C(C)(O)c4cccc(CCC(=O)O)n4)[nH]3)c2)c(F)cc2[nH]ccc12. The van der Waals surface area contributed by atoms with Crippen molar-refractivity contribution in [3.05, 3.63) is 95.2 Å². The second kappa shape index (κ2) is 9.71. The van der Waals surface area contributed by atoms with Crippen LogP contribution < -0.4 is 4.74 Å². The average Bonchev–Trinajstić information content (AvgIpc) is 3.57. The van der Waals surface area contributed by atoms with E-state index in [9.17, 15) is 18.7 Å². The van der Waals surface area contributed by atoms with Crippen LogP contribution in [0.25, 0.3) is 22.3 Å². The number of aliphatic hydroxyl groups is 1. The van der Waals surface area contributed by atoms with Crippen molar-refractivity contribution in [2.75, 3.05) is 0 Å². The zero-order chi connectivity index (χ0) is 27.0. The third kappa shape index (κ3) is 4.73. The van der Waals surface area contributed by atoms with Crippen molar-refractivity contribution in [2.45, 2.75) is 32.3 Å². The summed E-state index contributed by atoms with van der Waals surface area (Å²) >= 11 is 0. The number of aromatic amines is 2. The van der Waals surface area contributed by atoms with Gasteiger partial charge in [0.05, 0.1) is 29.6 Å². The fraction of sp³-hybridized carbons (Fsp3) is 0.179. The van der Waals surface area contributed by atoms with Crippen molar-refractivity contribution in [3.63, 3.8) is 0 Å². The third-order valence-corrected chi connectivity index (χ3v) is 6.43. The highest BCUT2D eigenvalue weighted by Gasteiger charge is 2.30. The largest absolute Gasteiger partial charge is 0.481 e. The fourth-order valence-electron chi connectivity index (χ4n) is 4.28. The molecule has 0 spiro atoms. The van der Waals surface area contributed by atoms with Crippen LogP contribution in [0.1, 0.15) is 36.0 Å². The van der Waals surface area contributed by atoms with E-state index in [0.717, 1.165) is 5.39 Å². The number of pyridine rings is 1. The van der Waals surface area contributed by atoms with Crippen molar-refractivity contribution >= 4 is 16.9 Å². The lowest BCUT2D eigenvalue weighted by Crippen LogP contribution is -2.25. The Balaban J connectivity index is 1.44. The van der Waals surface area contributed by atoms with Crippen LogP contribution in [0.5, 0.6) is 11.5 Å². The second-order valence-electron chi connectivity index (χ2n) is 9.12. The quantitative estimate of drug-likeness (QED) is 0.212. The van der Waals surface area contributed by atoms with Crippen molar-refractivity contribution < 1.29 is 28.5 Å². The molecular weight excluding hydrogens is 494 g/mol. The molecule has 4 N–H and O–H groups in total. The standard InChI is InChI=1S/C28H24F2N4O4/c1-15-18-10-11-31-22(18)13-21(30)26(15)38-17-7-8-20(29)19(12-17)27-32-14-24(34-27)28(2,37)23-5-3-4-16(33-23)6-9-25(35)36/h3-5,7-8,10-14,31,37H,6,9H2,1-2H3,(H,32,34)(H,35,36). The van der Waals surface area contributed by atoms with Crippen molar-refractivity contribution in [1.82, 2.24) is 19.9 Å². The van der Waals surface area contributed by atoms with Gasteiger partial charge in [0.2, 0.25) is 0 Å². The second-order valence-corrected chi connectivity index (χ2v) is 9.12. The Labute approximate surface area is 216 Å². The normalized spacial score (nSPS) is 13.0. The summed E-state index contributed by atoms with van der Waals surface area (Å²) in [5, 5.41) is 21.0. The van der Waals surface area contributed by atoms with Gasteiger partial charge in [-0.2, -0.15) is 0 Å². The molecular formula is C28H24F2N4O4. The summed E-state index contributed by atoms with van der Waals surface area (Å²) in [7, 11) is 0. The summed E-state index contributed by atoms with van der Waals surface area (Å²) in [5.74, 6) is -1.73. The van der Waals surface area contributed by atoms with E-state index >= 15 is 0 Å². The Morgan fingerprint density at radius 3 is 2.74 bits per heavy atom. The predicted octanol–water partition coefficient (Wildman–Crippen LogP) is 5.60. The molecule has 2 aromatic carbocycles. The summed E-state index contributed by atoms with van der Waals surface area (Å²) in [6.45, 7) is 3.25. The number of hydrogen-bond acceptors (Lipinski definition) is 5. The predicted molar refractivity (Wildman–Crippen MR) is 136 cm³/mol. The number of carboxylic acids is 1. The molecule has 38 heavy (non-hydrogen) atoms. The van der Waals surface area contributed by atoms with Crippen LogP contribution in [-0.4, -0.2) is 36.1 Å². The number of nitrogens with zero attached hydrogens (tertiary/aromatic N) is 2. The molecule has 0 aliphatic heterocycles. The van der Waals surface area contributed by atoms with Crippen molar-refractivity contribution in [2.24, 2.45) is 0 Å². The zero-order valence-corrected chi connectivity index (χ0v) is 20.5. The highest BCUT2D eigenvalue weighted by molar-refractivity contribution is 5.85. The van der Waals surface area contributed by atoms with Gasteiger partial charge in [0.25, 0.3) is 0 Å². The molecule has 0 saturated heterocycles. The minimum absolute atomic E-state index is 0.0339. The molecule has 0 aliphatic rings. The van der Waals surface area contributed by atoms with Gasteiger partial charge in [0.15, 0.2) is 11.6 Å². The molecule has 3 heterocycles. The molecule has 1 unspecified atom stereocenters. The average molecular weight is 519 g/mol. The Morgan fingerprint density at radius 1 is 1.13 bits per heavy atom. The molecule has 0 saturated carbocycles. The molecule has 3 aromatic heterocycles. The van der Waals surface area contributed by atoms with Crippen LogP contribution >= 0.6 is 0 Å². The van der Waals surface area contributed by atoms with E-state index in [-0.39, 0.29) is 47.1 Å². The first-order chi connectivity index (χ1) is 18.1. The van der Waals surface area contributed by atoms with E-state index < -0.39 is 23.2 Å². The monoisotopic (exact) mass is 518 g/mol. The number of aryl methyl sites for hydroxylation is 2. The van der Waals surface area contributed by atoms with Crippen LogP contribution in [0.4, 0.5) is 8.78 Å². The number of nitrogens with one attached hydrogen (secondary N) is 2. The highest BCUT2D eigenvalue weighted by atomic mass is 19.1. The fourth-order valence-corrected chi connectivity index (χ4v) is 4.28. The van der Waals surface area contributed by atoms with Gasteiger partial charge in [-0.1, -0.05) is 6.07 Å². The summed E-state index contributed by atoms with van der Waals surface area (Å²) in [4.78, 5) is 25.4. The minimum atomic E-state index is -1.62. The van der Waals surface area contributed by atoms with Gasteiger partial charge in [-0.05, 0) is 50.2 Å². The van der Waals surface area contributed by atoms with Crippen LogP contribution in [0.2, 0.25) is 0 Å². The lowest BCUT2D eigenvalue weighted by atomic mass is 9.97. The summed E-state index contributed by atoms with van der Waals surface area (Å²) in [6, 6.07) is 12.1. The van der Waals surface area contributed by atoms with Gasteiger partial charge in [-0.25, -0.2) is 13.8 Å². The number of carbonyl (C=O) groups is 1. The van der Waals surface area contributed by atoms with E-state index in [1.54, 1.807) is 31.3 Å². The minimum Gasteiger partial charge on any atom is -0.481 e. The first kappa shape index (κ1) is 25.1. The van der Waals surface area contributed by atoms with E-state index in [2.05, 4.69) is 19.9 Å². The molecule has 0 fully saturated rings. The number of ether oxygens (including phenoxy) is 1. The van der Waals surface area contributed by atoms with Gasteiger partial charge >= 0.3 is 5.97 Å². The van der Waals surface area contributed by atoms with E-state index in [1.165, 1.54) is 37.4 Å². The summed E-state index contributed by atoms with van der Waals surface area (Å²) < 4.78 is 35.4. The van der Waals surface area contributed by atoms with Crippen LogP contribution in [0, 0.1) is 18.6 Å². The number of aromatic nitrogens is 4. The van der Waals surface area contributed by atoms with Crippen molar-refractivity contribution in [3.8, 4) is 22.9 Å². The van der Waals surface area contributed by atoms with E-state index in [0.29, 0.717) is 16.8 Å². The van der Waals surface area contributed by atoms with Crippen LogP contribution in [-0.2, 0) is 16.8 Å². The van der Waals surface area contributed by atoms with E-state index in [4.69, 9.17) is 9.84 Å². The zero-order valence-electron chi connectivity index (χ0n) is 20.5.